The van der Waals surface area contributed by atoms with Crippen molar-refractivity contribution >= 4 is 55.0 Å². The minimum Gasteiger partial charge on any atom is -0.480 e. The topological polar surface area (TPSA) is 271 Å². The Kier molecular flexibility index (Phi) is 18.7. The fraction of sp³-hybridized carbons (Fsp3) is 0.593. The van der Waals surface area contributed by atoms with Crippen molar-refractivity contribution in [1.82, 2.24) is 26.0 Å². The Morgan fingerprint density at radius 2 is 1.49 bits per heavy atom. The van der Waals surface area contributed by atoms with E-state index in [1.807, 2.05) is 5.09 Å². The molecule has 47 heavy (non-hydrogen) atoms. The van der Waals surface area contributed by atoms with Gasteiger partial charge in [-0.2, -0.15) is 4.39 Å². The summed E-state index contributed by atoms with van der Waals surface area (Å²) in [7, 11) is -4.50. The minimum atomic E-state index is -4.50. The van der Waals surface area contributed by atoms with Crippen LogP contribution in [0, 0.1) is 5.95 Å². The van der Waals surface area contributed by atoms with Gasteiger partial charge >= 0.3 is 25.7 Å². The highest BCUT2D eigenvalue weighted by Crippen LogP contribution is 2.38. The largest absolute Gasteiger partial charge is 0.480 e. The van der Waals surface area contributed by atoms with E-state index in [4.69, 9.17) is 21.2 Å². The van der Waals surface area contributed by atoms with Gasteiger partial charge in [-0.3, -0.25) is 23.7 Å². The number of carbonyl (C=O) groups excluding carboxylic acids is 3. The molecule has 0 aromatic carbocycles. The zero-order valence-corrected chi connectivity index (χ0v) is 27.2. The number of aliphatic carboxylic acids is 3. The molecule has 20 heteroatoms. The molecule has 1 aromatic rings. The van der Waals surface area contributed by atoms with Gasteiger partial charge in [-0.05, 0) is 44.6 Å². The van der Waals surface area contributed by atoms with Crippen LogP contribution in [0.5, 0.6) is 0 Å². The zero-order chi connectivity index (χ0) is 35.6. The lowest BCUT2D eigenvalue weighted by Gasteiger charge is -2.19. The van der Waals surface area contributed by atoms with Gasteiger partial charge in [0.1, 0.15) is 18.1 Å². The van der Waals surface area contributed by atoms with Gasteiger partial charge in [0.2, 0.25) is 17.8 Å². The van der Waals surface area contributed by atoms with E-state index in [2.05, 4.69) is 20.9 Å². The zero-order valence-electron chi connectivity index (χ0n) is 25.6. The standard InChI is InChI=1S/C27H40ClFN5O12P/c1-2-7-20(27(42)43)34-47(44,45)46-13-6-8-18(25(38)39)32-22(36)11-10-19(26(40)41)33-21(35)9-4-3-5-12-30-24(37)16-14-17(28)23(29)31-15-16/h14-15,18-20H,2-13H2,1H3,(H,30,37)(H,32,36)(H,33,35)(H,38,39)(H,40,41)(H,42,43)(H2,34,44,45). The van der Waals surface area contributed by atoms with E-state index in [0.717, 1.165) is 12.3 Å². The fourth-order valence-corrected chi connectivity index (χ4v) is 5.25. The molecule has 4 unspecified atom stereocenters. The SMILES string of the molecule is CCCC(NP(=O)(O)OCCCC(NC(=O)CCC(NC(=O)CCCCCNC(=O)c1cnc(F)c(Cl)c1)C(=O)O)C(=O)O)C(=O)O. The molecular formula is C27H40ClFN5O12P. The molecule has 0 saturated heterocycles. The van der Waals surface area contributed by atoms with Crippen LogP contribution >= 0.6 is 19.3 Å². The molecule has 3 amide bonds. The lowest BCUT2D eigenvalue weighted by molar-refractivity contribution is -0.143. The second kappa shape index (κ2) is 21.2. The molecule has 0 saturated carbocycles. The van der Waals surface area contributed by atoms with Gasteiger partial charge in [0, 0.05) is 25.6 Å². The molecule has 0 fully saturated rings. The van der Waals surface area contributed by atoms with E-state index in [9.17, 15) is 52.8 Å². The summed E-state index contributed by atoms with van der Waals surface area (Å²) in [6.07, 6.45) is 1.77. The summed E-state index contributed by atoms with van der Waals surface area (Å²) < 4.78 is 30.0. The van der Waals surface area contributed by atoms with E-state index in [-0.39, 0.29) is 49.2 Å². The molecule has 1 rings (SSSR count). The number of unbranched alkanes of at least 4 members (excludes halogenated alkanes) is 2. The quantitative estimate of drug-likeness (QED) is 0.0432. The van der Waals surface area contributed by atoms with Crippen LogP contribution in [0.15, 0.2) is 12.3 Å². The van der Waals surface area contributed by atoms with E-state index in [1.165, 1.54) is 0 Å². The molecule has 0 spiro atoms. The Morgan fingerprint density at radius 1 is 0.894 bits per heavy atom. The average Bonchev–Trinajstić information content (AvgIpc) is 2.99. The van der Waals surface area contributed by atoms with Gasteiger partial charge in [-0.25, -0.2) is 24.2 Å². The third-order valence-corrected chi connectivity index (χ3v) is 7.88. The van der Waals surface area contributed by atoms with E-state index in [1.54, 1.807) is 6.92 Å². The maximum absolute atomic E-state index is 13.1. The average molecular weight is 712 g/mol. The molecule has 0 aliphatic heterocycles. The first kappa shape index (κ1) is 41.3. The Balaban J connectivity index is 2.39. The summed E-state index contributed by atoms with van der Waals surface area (Å²) in [4.78, 5) is 84.1. The highest BCUT2D eigenvalue weighted by atomic mass is 35.5. The second-order valence-electron chi connectivity index (χ2n) is 10.3. The molecule has 0 aliphatic carbocycles. The summed E-state index contributed by atoms with van der Waals surface area (Å²) in [5.74, 6) is -6.95. The van der Waals surface area contributed by atoms with Crippen LogP contribution in [-0.2, 0) is 33.1 Å². The number of carboxylic acids is 3. The molecule has 1 heterocycles. The molecule has 17 nitrogen and oxygen atoms in total. The van der Waals surface area contributed by atoms with E-state index in [0.29, 0.717) is 25.7 Å². The number of carboxylic acid groups (broad SMARTS) is 3. The first-order chi connectivity index (χ1) is 22.1. The van der Waals surface area contributed by atoms with Crippen LogP contribution in [0.1, 0.15) is 81.5 Å². The lowest BCUT2D eigenvalue weighted by atomic mass is 10.1. The van der Waals surface area contributed by atoms with Gasteiger partial charge in [-0.1, -0.05) is 31.4 Å². The third kappa shape index (κ3) is 17.1. The number of nitrogens with zero attached hydrogens (tertiary/aromatic N) is 1. The maximum atomic E-state index is 13.1. The van der Waals surface area contributed by atoms with E-state index < -0.39 is 80.5 Å². The van der Waals surface area contributed by atoms with E-state index >= 15 is 0 Å². The van der Waals surface area contributed by atoms with Crippen LogP contribution in [0.25, 0.3) is 0 Å². The normalized spacial score (nSPS) is 14.2. The predicted octanol–water partition coefficient (Wildman–Crippen LogP) is 1.82. The number of hydrogen-bond donors (Lipinski definition) is 8. The van der Waals surface area contributed by atoms with Crippen LogP contribution in [0.4, 0.5) is 4.39 Å². The van der Waals surface area contributed by atoms with Gasteiger partial charge in [0.15, 0.2) is 0 Å². The minimum absolute atomic E-state index is 0.0313. The van der Waals surface area contributed by atoms with Crippen molar-refractivity contribution in [2.75, 3.05) is 13.2 Å². The monoisotopic (exact) mass is 711 g/mol. The van der Waals surface area contributed by atoms with Crippen molar-refractivity contribution in [3.63, 3.8) is 0 Å². The van der Waals surface area contributed by atoms with Crippen molar-refractivity contribution in [1.29, 1.82) is 0 Å². The van der Waals surface area contributed by atoms with Crippen LogP contribution in [-0.4, -0.2) is 92.1 Å². The highest BCUT2D eigenvalue weighted by Gasteiger charge is 2.29. The number of rotatable bonds is 24. The third-order valence-electron chi connectivity index (χ3n) is 6.45. The van der Waals surface area contributed by atoms with Crippen molar-refractivity contribution < 1.29 is 62.5 Å². The number of aromatic nitrogens is 1. The summed E-state index contributed by atoms with van der Waals surface area (Å²) >= 11 is 5.60. The molecule has 4 atom stereocenters. The van der Waals surface area contributed by atoms with Crippen molar-refractivity contribution in [2.24, 2.45) is 0 Å². The first-order valence-electron chi connectivity index (χ1n) is 14.7. The Hall–Kier alpha value is -3.70. The number of nitrogens with one attached hydrogen (secondary N) is 4. The molecule has 0 radical (unpaired) electrons. The summed E-state index contributed by atoms with van der Waals surface area (Å²) in [6, 6.07) is -3.03. The smallest absolute Gasteiger partial charge is 0.403 e. The molecule has 0 aliphatic rings. The number of amides is 3. The molecule has 8 N–H and O–H groups in total. The molecule has 264 valence electrons. The Morgan fingerprint density at radius 3 is 2.06 bits per heavy atom. The van der Waals surface area contributed by atoms with Crippen molar-refractivity contribution in [2.45, 2.75) is 89.3 Å². The van der Waals surface area contributed by atoms with Crippen molar-refractivity contribution in [3.8, 4) is 0 Å². The fourth-order valence-electron chi connectivity index (χ4n) is 4.00. The lowest BCUT2D eigenvalue weighted by Crippen LogP contribution is -2.44. The highest BCUT2D eigenvalue weighted by molar-refractivity contribution is 7.50. The number of hydrogen-bond acceptors (Lipinski definition) is 9. The molecule has 1 aromatic heterocycles. The summed E-state index contributed by atoms with van der Waals surface area (Å²) in [5.41, 5.74) is 0.0808. The summed E-state index contributed by atoms with van der Waals surface area (Å²) in [5, 5.41) is 36.8. The van der Waals surface area contributed by atoms with Crippen LogP contribution in [0.3, 0.4) is 0 Å². The molecule has 0 bridgehead atoms. The number of pyridine rings is 1. The number of halogens is 2. The molecular weight excluding hydrogens is 672 g/mol. The van der Waals surface area contributed by atoms with Gasteiger partial charge in [0.25, 0.3) is 5.91 Å². The number of carbonyl (C=O) groups is 6. The van der Waals surface area contributed by atoms with Gasteiger partial charge < -0.3 is 36.2 Å². The van der Waals surface area contributed by atoms with Crippen LogP contribution < -0.4 is 21.0 Å². The van der Waals surface area contributed by atoms with Gasteiger partial charge in [0.05, 0.1) is 17.2 Å². The van der Waals surface area contributed by atoms with Gasteiger partial charge in [-0.15, -0.1) is 0 Å². The Labute approximate surface area is 274 Å². The first-order valence-corrected chi connectivity index (χ1v) is 16.6. The predicted molar refractivity (Wildman–Crippen MR) is 163 cm³/mol. The van der Waals surface area contributed by atoms with Crippen molar-refractivity contribution in [3.05, 3.63) is 28.8 Å². The Bertz CT molecular complexity index is 1310. The summed E-state index contributed by atoms with van der Waals surface area (Å²) in [6.45, 7) is 1.51. The maximum Gasteiger partial charge on any atom is 0.403 e. The van der Waals surface area contributed by atoms with Crippen LogP contribution in [0.2, 0.25) is 5.02 Å². The second-order valence-corrected chi connectivity index (χ2v) is 12.3.